The Bertz CT molecular complexity index is 672. The van der Waals surface area contributed by atoms with Crippen LogP contribution < -0.4 is 0 Å². The van der Waals surface area contributed by atoms with E-state index in [1.807, 2.05) is 23.1 Å². The van der Waals surface area contributed by atoms with Gasteiger partial charge in [0, 0.05) is 17.3 Å². The van der Waals surface area contributed by atoms with Crippen molar-refractivity contribution in [2.45, 2.75) is 31.8 Å². The zero-order valence-electron chi connectivity index (χ0n) is 12.1. The number of benzene rings is 1. The van der Waals surface area contributed by atoms with Crippen LogP contribution in [0.4, 0.5) is 0 Å². The Morgan fingerprint density at radius 3 is 2.77 bits per heavy atom. The normalized spacial score (nSPS) is 13.9. The standard InChI is InChI=1S/C17H17ClN2O2/c18-16-10-15(21)7-4-12(16)9-17(22)20(14-5-6-14)11-13-3-1-2-8-19-13/h1-4,7-8,10,14,21H,5-6,9,11H2. The summed E-state index contributed by atoms with van der Waals surface area (Å²) in [5.41, 5.74) is 1.62. The third kappa shape index (κ3) is 3.57. The summed E-state index contributed by atoms with van der Waals surface area (Å²) < 4.78 is 0. The quantitative estimate of drug-likeness (QED) is 0.921. The van der Waals surface area contributed by atoms with E-state index in [1.165, 1.54) is 6.07 Å². The molecule has 0 radical (unpaired) electrons. The lowest BCUT2D eigenvalue weighted by atomic mass is 10.1. The third-order valence-corrected chi connectivity index (χ3v) is 4.10. The first kappa shape index (κ1) is 14.9. The fraction of sp³-hybridized carbons (Fsp3) is 0.294. The Morgan fingerprint density at radius 2 is 2.14 bits per heavy atom. The number of rotatable bonds is 5. The number of pyridine rings is 1. The number of phenols is 1. The Balaban J connectivity index is 1.73. The van der Waals surface area contributed by atoms with Gasteiger partial charge in [-0.3, -0.25) is 9.78 Å². The number of aromatic hydroxyl groups is 1. The minimum atomic E-state index is 0.0424. The van der Waals surface area contributed by atoms with Crippen LogP contribution in [0.15, 0.2) is 42.6 Å². The van der Waals surface area contributed by atoms with Crippen molar-refractivity contribution in [2.24, 2.45) is 0 Å². The second-order valence-corrected chi connectivity index (χ2v) is 5.93. The molecule has 1 fully saturated rings. The van der Waals surface area contributed by atoms with Crippen molar-refractivity contribution >= 4 is 17.5 Å². The van der Waals surface area contributed by atoms with E-state index in [2.05, 4.69) is 4.98 Å². The van der Waals surface area contributed by atoms with Gasteiger partial charge in [-0.1, -0.05) is 23.7 Å². The third-order valence-electron chi connectivity index (χ3n) is 3.74. The van der Waals surface area contributed by atoms with Crippen molar-refractivity contribution in [3.63, 3.8) is 0 Å². The largest absolute Gasteiger partial charge is 0.508 e. The Kier molecular flexibility index (Phi) is 4.29. The van der Waals surface area contributed by atoms with E-state index in [-0.39, 0.29) is 18.1 Å². The summed E-state index contributed by atoms with van der Waals surface area (Å²) in [5, 5.41) is 9.80. The molecule has 1 amide bonds. The molecule has 1 aliphatic rings. The second-order valence-electron chi connectivity index (χ2n) is 5.53. The molecule has 1 N–H and O–H groups in total. The monoisotopic (exact) mass is 316 g/mol. The molecule has 1 saturated carbocycles. The molecule has 4 nitrogen and oxygen atoms in total. The van der Waals surface area contributed by atoms with Gasteiger partial charge in [0.15, 0.2) is 0 Å². The summed E-state index contributed by atoms with van der Waals surface area (Å²) >= 11 is 6.09. The number of hydrogen-bond donors (Lipinski definition) is 1. The molecule has 114 valence electrons. The molecule has 0 unspecified atom stereocenters. The Morgan fingerprint density at radius 1 is 1.32 bits per heavy atom. The molecular formula is C17H17ClN2O2. The first-order valence-corrected chi connectivity index (χ1v) is 7.68. The molecule has 2 aromatic rings. The van der Waals surface area contributed by atoms with Gasteiger partial charge in [-0.25, -0.2) is 0 Å². The number of halogens is 1. The molecule has 0 spiro atoms. The zero-order valence-corrected chi connectivity index (χ0v) is 12.8. The average molecular weight is 317 g/mol. The van der Waals surface area contributed by atoms with Gasteiger partial charge >= 0.3 is 0 Å². The number of nitrogens with zero attached hydrogens (tertiary/aromatic N) is 2. The molecule has 0 aliphatic heterocycles. The molecule has 1 aromatic carbocycles. The van der Waals surface area contributed by atoms with E-state index in [0.717, 1.165) is 24.1 Å². The highest BCUT2D eigenvalue weighted by Gasteiger charge is 2.32. The first-order chi connectivity index (χ1) is 10.6. The van der Waals surface area contributed by atoms with Gasteiger partial charge in [0.25, 0.3) is 0 Å². The lowest BCUT2D eigenvalue weighted by Crippen LogP contribution is -2.34. The minimum absolute atomic E-state index is 0.0424. The van der Waals surface area contributed by atoms with Crippen molar-refractivity contribution in [1.29, 1.82) is 0 Å². The highest BCUT2D eigenvalue weighted by molar-refractivity contribution is 6.31. The molecule has 0 saturated heterocycles. The van der Waals surface area contributed by atoms with Crippen molar-refractivity contribution < 1.29 is 9.90 Å². The van der Waals surface area contributed by atoms with Crippen LogP contribution in [0, 0.1) is 0 Å². The molecule has 0 atom stereocenters. The van der Waals surface area contributed by atoms with Crippen molar-refractivity contribution in [2.75, 3.05) is 0 Å². The van der Waals surface area contributed by atoms with Gasteiger partial charge in [0.1, 0.15) is 5.75 Å². The summed E-state index contributed by atoms with van der Waals surface area (Å²) in [7, 11) is 0. The lowest BCUT2D eigenvalue weighted by Gasteiger charge is -2.22. The van der Waals surface area contributed by atoms with E-state index in [4.69, 9.17) is 11.6 Å². The SMILES string of the molecule is O=C(Cc1ccc(O)cc1Cl)N(Cc1ccccn1)C1CC1. The summed E-state index contributed by atoms with van der Waals surface area (Å²) in [6.45, 7) is 0.528. The summed E-state index contributed by atoms with van der Waals surface area (Å²) in [6, 6.07) is 10.7. The van der Waals surface area contributed by atoms with Gasteiger partial charge in [-0.15, -0.1) is 0 Å². The molecule has 1 aromatic heterocycles. The highest BCUT2D eigenvalue weighted by atomic mass is 35.5. The van der Waals surface area contributed by atoms with Crippen molar-refractivity contribution in [1.82, 2.24) is 9.88 Å². The van der Waals surface area contributed by atoms with Crippen LogP contribution in [-0.4, -0.2) is 26.9 Å². The predicted octanol–water partition coefficient (Wildman–Crippen LogP) is 3.17. The van der Waals surface area contributed by atoms with Crippen LogP contribution in [0.1, 0.15) is 24.1 Å². The lowest BCUT2D eigenvalue weighted by molar-refractivity contribution is -0.131. The van der Waals surface area contributed by atoms with Gasteiger partial charge < -0.3 is 10.0 Å². The van der Waals surface area contributed by atoms with Gasteiger partial charge in [0.2, 0.25) is 5.91 Å². The van der Waals surface area contributed by atoms with Crippen LogP contribution in [0.3, 0.4) is 0 Å². The van der Waals surface area contributed by atoms with Crippen molar-refractivity contribution in [3.8, 4) is 5.75 Å². The topological polar surface area (TPSA) is 53.4 Å². The molecule has 1 aliphatic carbocycles. The number of phenolic OH excluding ortho intramolecular Hbond substituents is 1. The number of carbonyl (C=O) groups is 1. The van der Waals surface area contributed by atoms with Crippen LogP contribution in [0.5, 0.6) is 5.75 Å². The molecule has 1 heterocycles. The fourth-order valence-electron chi connectivity index (χ4n) is 2.42. The summed E-state index contributed by atoms with van der Waals surface area (Å²) in [4.78, 5) is 18.8. The summed E-state index contributed by atoms with van der Waals surface area (Å²) in [5.74, 6) is 0.148. The van der Waals surface area contributed by atoms with Crippen LogP contribution >= 0.6 is 11.6 Å². The van der Waals surface area contributed by atoms with Gasteiger partial charge in [-0.05, 0) is 42.7 Å². The maximum absolute atomic E-state index is 12.6. The number of hydrogen-bond acceptors (Lipinski definition) is 3. The Hall–Kier alpha value is -2.07. The molecular weight excluding hydrogens is 300 g/mol. The van der Waals surface area contributed by atoms with Crippen LogP contribution in [-0.2, 0) is 17.8 Å². The smallest absolute Gasteiger partial charge is 0.227 e. The van der Waals surface area contributed by atoms with E-state index in [1.54, 1.807) is 18.3 Å². The second kappa shape index (κ2) is 6.36. The van der Waals surface area contributed by atoms with Gasteiger partial charge in [0.05, 0.1) is 18.7 Å². The first-order valence-electron chi connectivity index (χ1n) is 7.30. The minimum Gasteiger partial charge on any atom is -0.508 e. The molecule has 5 heteroatoms. The summed E-state index contributed by atoms with van der Waals surface area (Å²) in [6.07, 6.45) is 4.06. The number of aromatic nitrogens is 1. The maximum atomic E-state index is 12.6. The van der Waals surface area contributed by atoms with E-state index in [9.17, 15) is 9.90 Å². The zero-order chi connectivity index (χ0) is 15.5. The average Bonchev–Trinajstić information content (AvgIpc) is 3.33. The van der Waals surface area contributed by atoms with E-state index < -0.39 is 0 Å². The number of amides is 1. The van der Waals surface area contributed by atoms with Crippen LogP contribution in [0.2, 0.25) is 5.02 Å². The van der Waals surface area contributed by atoms with Crippen LogP contribution in [0.25, 0.3) is 0 Å². The molecule has 3 rings (SSSR count). The predicted molar refractivity (Wildman–Crippen MR) is 84.6 cm³/mol. The fourth-order valence-corrected chi connectivity index (χ4v) is 2.66. The highest BCUT2D eigenvalue weighted by Crippen LogP contribution is 2.30. The Labute approximate surface area is 134 Å². The van der Waals surface area contributed by atoms with E-state index in [0.29, 0.717) is 17.6 Å². The van der Waals surface area contributed by atoms with Gasteiger partial charge in [-0.2, -0.15) is 0 Å². The van der Waals surface area contributed by atoms with Crippen molar-refractivity contribution in [3.05, 3.63) is 58.9 Å². The molecule has 0 bridgehead atoms. The molecule has 22 heavy (non-hydrogen) atoms. The number of carbonyl (C=O) groups excluding carboxylic acids is 1. The van der Waals surface area contributed by atoms with E-state index >= 15 is 0 Å². The maximum Gasteiger partial charge on any atom is 0.227 e.